The molecule has 0 atom stereocenters. The van der Waals surface area contributed by atoms with Crippen molar-refractivity contribution in [3.05, 3.63) is 35.1 Å². The molecule has 0 unspecified atom stereocenters. The molecule has 0 aliphatic rings. The Morgan fingerprint density at radius 1 is 1.30 bits per heavy atom. The lowest BCUT2D eigenvalue weighted by molar-refractivity contribution is 0.284. The summed E-state index contributed by atoms with van der Waals surface area (Å²) in [6.07, 6.45) is 4.67. The fraction of sp³-hybridized carbons (Fsp3) is 0.429. The average molecular weight is 312 g/mol. The van der Waals surface area contributed by atoms with E-state index in [1.54, 1.807) is 18.1 Å². The van der Waals surface area contributed by atoms with Gasteiger partial charge < -0.3 is 5.11 Å². The van der Waals surface area contributed by atoms with Crippen molar-refractivity contribution in [1.82, 2.24) is 14.8 Å². The molecule has 0 saturated carbocycles. The first-order valence-electron chi connectivity index (χ1n) is 6.62. The molecule has 1 aromatic heterocycles. The van der Waals surface area contributed by atoms with Crippen LogP contribution in [-0.2, 0) is 0 Å². The third-order valence-corrected chi connectivity index (χ3v) is 4.42. The van der Waals surface area contributed by atoms with Crippen LogP contribution in [0.4, 0.5) is 0 Å². The molecule has 0 saturated heterocycles. The normalized spacial score (nSPS) is 10.9. The number of hydrogen-bond donors (Lipinski definition) is 1. The molecule has 0 spiro atoms. The highest BCUT2D eigenvalue weighted by Gasteiger charge is 2.08. The second-order valence-corrected chi connectivity index (χ2v) is 6.02. The molecule has 0 radical (unpaired) electrons. The molecule has 4 nitrogen and oxygen atoms in total. The van der Waals surface area contributed by atoms with Gasteiger partial charge in [-0.2, -0.15) is 0 Å². The molecule has 1 N–H and O–H groups in total. The Hall–Kier alpha value is -1.04. The standard InChI is InChI=1S/C14H18ClN3OS/c1-11-5-6-12(9-13(11)15)18-10-16-17-14(18)20-8-4-2-3-7-19/h5-6,9-10,19H,2-4,7-8H2,1H3. The summed E-state index contributed by atoms with van der Waals surface area (Å²) < 4.78 is 1.95. The first kappa shape index (κ1) is 15.4. The van der Waals surface area contributed by atoms with Crippen molar-refractivity contribution in [1.29, 1.82) is 0 Å². The maximum atomic E-state index is 8.74. The number of benzene rings is 1. The van der Waals surface area contributed by atoms with E-state index in [1.165, 1.54) is 0 Å². The maximum Gasteiger partial charge on any atom is 0.195 e. The lowest BCUT2D eigenvalue weighted by atomic mass is 10.2. The van der Waals surface area contributed by atoms with Crippen molar-refractivity contribution in [3.63, 3.8) is 0 Å². The van der Waals surface area contributed by atoms with Gasteiger partial charge in [-0.1, -0.05) is 35.9 Å². The number of nitrogens with zero attached hydrogens (tertiary/aromatic N) is 3. The van der Waals surface area contributed by atoms with Gasteiger partial charge >= 0.3 is 0 Å². The first-order chi connectivity index (χ1) is 9.72. The highest BCUT2D eigenvalue weighted by molar-refractivity contribution is 7.99. The van der Waals surface area contributed by atoms with E-state index in [-0.39, 0.29) is 6.61 Å². The lowest BCUT2D eigenvalue weighted by Gasteiger charge is -2.07. The van der Waals surface area contributed by atoms with E-state index in [9.17, 15) is 0 Å². The fourth-order valence-corrected chi connectivity index (χ4v) is 2.89. The number of aliphatic hydroxyl groups excluding tert-OH is 1. The molecule has 2 aromatic rings. The lowest BCUT2D eigenvalue weighted by Crippen LogP contribution is -1.96. The molecule has 0 aliphatic carbocycles. The van der Waals surface area contributed by atoms with Crippen LogP contribution in [-0.4, -0.2) is 32.2 Å². The van der Waals surface area contributed by atoms with Crippen molar-refractivity contribution in [2.24, 2.45) is 0 Å². The second kappa shape index (κ2) is 7.67. The summed E-state index contributed by atoms with van der Waals surface area (Å²) in [4.78, 5) is 0. The zero-order valence-corrected chi connectivity index (χ0v) is 13.0. The Bertz CT molecular complexity index is 559. The van der Waals surface area contributed by atoms with E-state index in [0.717, 1.165) is 46.4 Å². The van der Waals surface area contributed by atoms with Crippen molar-refractivity contribution in [3.8, 4) is 5.69 Å². The van der Waals surface area contributed by atoms with E-state index in [0.29, 0.717) is 0 Å². The molecule has 2 rings (SSSR count). The van der Waals surface area contributed by atoms with Crippen LogP contribution in [0.3, 0.4) is 0 Å². The molecule has 108 valence electrons. The minimum atomic E-state index is 0.267. The molecule has 0 bridgehead atoms. The third kappa shape index (κ3) is 3.98. The Balaban J connectivity index is 2.02. The van der Waals surface area contributed by atoms with Crippen molar-refractivity contribution < 1.29 is 5.11 Å². The zero-order chi connectivity index (χ0) is 14.4. The number of aromatic nitrogens is 3. The van der Waals surface area contributed by atoms with E-state index in [4.69, 9.17) is 16.7 Å². The van der Waals surface area contributed by atoms with E-state index < -0.39 is 0 Å². The number of aliphatic hydroxyl groups is 1. The van der Waals surface area contributed by atoms with E-state index >= 15 is 0 Å². The molecule has 1 heterocycles. The Labute approximate surface area is 128 Å². The number of thioether (sulfide) groups is 1. The van der Waals surface area contributed by atoms with Crippen LogP contribution in [0.25, 0.3) is 5.69 Å². The van der Waals surface area contributed by atoms with Gasteiger partial charge in [0.1, 0.15) is 6.33 Å². The van der Waals surface area contributed by atoms with Gasteiger partial charge in [0.2, 0.25) is 0 Å². The summed E-state index contributed by atoms with van der Waals surface area (Å²) in [7, 11) is 0. The largest absolute Gasteiger partial charge is 0.396 e. The molecule has 0 aliphatic heterocycles. The van der Waals surface area contributed by atoms with Crippen LogP contribution in [0.2, 0.25) is 5.02 Å². The van der Waals surface area contributed by atoms with Crippen LogP contribution in [0, 0.1) is 6.92 Å². The zero-order valence-electron chi connectivity index (χ0n) is 11.4. The SMILES string of the molecule is Cc1ccc(-n2cnnc2SCCCCCO)cc1Cl. The molecule has 6 heteroatoms. The predicted octanol–water partition coefficient (Wildman–Crippen LogP) is 3.48. The predicted molar refractivity (Wildman–Crippen MR) is 82.8 cm³/mol. The summed E-state index contributed by atoms with van der Waals surface area (Å²) in [6.45, 7) is 2.25. The van der Waals surface area contributed by atoms with Crippen LogP contribution in [0.1, 0.15) is 24.8 Å². The molecular weight excluding hydrogens is 294 g/mol. The first-order valence-corrected chi connectivity index (χ1v) is 7.99. The monoisotopic (exact) mass is 311 g/mol. The minimum absolute atomic E-state index is 0.267. The average Bonchev–Trinajstić information content (AvgIpc) is 2.90. The summed E-state index contributed by atoms with van der Waals surface area (Å²) >= 11 is 7.83. The van der Waals surface area contributed by atoms with Gasteiger partial charge in [-0.3, -0.25) is 4.57 Å². The summed E-state index contributed by atoms with van der Waals surface area (Å²) in [6, 6.07) is 5.93. The van der Waals surface area contributed by atoms with Gasteiger partial charge in [-0.25, -0.2) is 0 Å². The molecule has 1 aromatic carbocycles. The van der Waals surface area contributed by atoms with Gasteiger partial charge in [0.15, 0.2) is 5.16 Å². The van der Waals surface area contributed by atoms with E-state index in [2.05, 4.69) is 10.2 Å². The van der Waals surface area contributed by atoms with Gasteiger partial charge in [-0.05, 0) is 37.5 Å². The van der Waals surface area contributed by atoms with Gasteiger partial charge in [0.25, 0.3) is 0 Å². The Morgan fingerprint density at radius 2 is 2.15 bits per heavy atom. The number of unbranched alkanes of at least 4 members (excludes halogenated alkanes) is 2. The Kier molecular flexibility index (Phi) is 5.88. The highest BCUT2D eigenvalue weighted by atomic mass is 35.5. The summed E-state index contributed by atoms with van der Waals surface area (Å²) in [5.41, 5.74) is 2.03. The number of aryl methyl sites for hydroxylation is 1. The van der Waals surface area contributed by atoms with Crippen LogP contribution < -0.4 is 0 Å². The topological polar surface area (TPSA) is 50.9 Å². The summed E-state index contributed by atoms with van der Waals surface area (Å²) in [5, 5.41) is 18.5. The second-order valence-electron chi connectivity index (χ2n) is 4.55. The fourth-order valence-electron chi connectivity index (χ4n) is 1.79. The summed E-state index contributed by atoms with van der Waals surface area (Å²) in [5.74, 6) is 0.971. The van der Waals surface area contributed by atoms with Crippen LogP contribution in [0.5, 0.6) is 0 Å². The molecule has 20 heavy (non-hydrogen) atoms. The minimum Gasteiger partial charge on any atom is -0.396 e. The van der Waals surface area contributed by atoms with E-state index in [1.807, 2.05) is 29.7 Å². The number of rotatable bonds is 7. The van der Waals surface area contributed by atoms with Crippen molar-refractivity contribution in [2.45, 2.75) is 31.3 Å². The maximum absolute atomic E-state index is 8.74. The molecule has 0 fully saturated rings. The number of halogens is 1. The highest BCUT2D eigenvalue weighted by Crippen LogP contribution is 2.24. The molecule has 0 amide bonds. The van der Waals surface area contributed by atoms with Gasteiger partial charge in [0, 0.05) is 17.4 Å². The molecular formula is C14H18ClN3OS. The Morgan fingerprint density at radius 3 is 2.90 bits per heavy atom. The van der Waals surface area contributed by atoms with Crippen LogP contribution >= 0.6 is 23.4 Å². The quantitative estimate of drug-likeness (QED) is 0.628. The van der Waals surface area contributed by atoms with Crippen LogP contribution in [0.15, 0.2) is 29.7 Å². The van der Waals surface area contributed by atoms with Gasteiger partial charge in [-0.15, -0.1) is 10.2 Å². The third-order valence-electron chi connectivity index (χ3n) is 2.98. The van der Waals surface area contributed by atoms with Crippen molar-refractivity contribution in [2.75, 3.05) is 12.4 Å². The van der Waals surface area contributed by atoms with Gasteiger partial charge in [0.05, 0.1) is 5.69 Å². The smallest absolute Gasteiger partial charge is 0.195 e. The van der Waals surface area contributed by atoms with Crippen molar-refractivity contribution >= 4 is 23.4 Å². The number of hydrogen-bond acceptors (Lipinski definition) is 4.